The second-order valence-electron chi connectivity index (χ2n) is 10.0. The molecule has 6 nitrogen and oxygen atoms in total. The highest BCUT2D eigenvalue weighted by molar-refractivity contribution is 6.25. The molecule has 0 bridgehead atoms. The monoisotopic (exact) mass is 519 g/mol. The zero-order chi connectivity index (χ0) is 27.4. The van der Waals surface area contributed by atoms with Crippen LogP contribution in [0.15, 0.2) is 91.0 Å². The third-order valence-corrected chi connectivity index (χ3v) is 7.54. The van der Waals surface area contributed by atoms with E-state index >= 15 is 0 Å². The second kappa shape index (κ2) is 11.5. The maximum absolute atomic E-state index is 13.8. The van der Waals surface area contributed by atoms with Crippen LogP contribution in [0.1, 0.15) is 39.9 Å². The van der Waals surface area contributed by atoms with E-state index in [-0.39, 0.29) is 24.1 Å². The first-order chi connectivity index (χ1) is 19.0. The normalized spacial score (nSPS) is 13.0. The van der Waals surface area contributed by atoms with Gasteiger partial charge in [0.25, 0.3) is 5.91 Å². The standard InChI is InChI=1S/C33H33N3O3/c1-23-11-6-7-14-26(23)22-36(29(32(38)34-2)21-24-12-4-3-5-13-24)30(37)19-10-20-35-28-18-9-16-25-15-8-17-27(31(25)28)33(35)39/h3-9,11-18,29H,10,19-22H2,1-2H3,(H,34,38). The van der Waals surface area contributed by atoms with Gasteiger partial charge in [-0.1, -0.05) is 78.9 Å². The predicted octanol–water partition coefficient (Wildman–Crippen LogP) is 5.27. The molecule has 0 radical (unpaired) electrons. The van der Waals surface area contributed by atoms with Crippen LogP contribution in [0.5, 0.6) is 0 Å². The van der Waals surface area contributed by atoms with Crippen LogP contribution < -0.4 is 10.2 Å². The molecule has 1 atom stereocenters. The van der Waals surface area contributed by atoms with Crippen molar-refractivity contribution in [2.75, 3.05) is 18.5 Å². The summed E-state index contributed by atoms with van der Waals surface area (Å²) in [5.41, 5.74) is 4.66. The van der Waals surface area contributed by atoms with Gasteiger partial charge in [-0.15, -0.1) is 0 Å². The van der Waals surface area contributed by atoms with Gasteiger partial charge in [0, 0.05) is 43.9 Å². The summed E-state index contributed by atoms with van der Waals surface area (Å²) in [6.45, 7) is 2.78. The summed E-state index contributed by atoms with van der Waals surface area (Å²) in [4.78, 5) is 43.6. The van der Waals surface area contributed by atoms with E-state index in [4.69, 9.17) is 0 Å². The molecule has 0 aliphatic carbocycles. The molecule has 0 fully saturated rings. The fourth-order valence-corrected chi connectivity index (χ4v) is 5.42. The third-order valence-electron chi connectivity index (χ3n) is 7.54. The molecule has 1 aliphatic rings. The van der Waals surface area contributed by atoms with Crippen LogP contribution in [0.3, 0.4) is 0 Å². The molecular weight excluding hydrogens is 486 g/mol. The van der Waals surface area contributed by atoms with Crippen molar-refractivity contribution in [3.05, 3.63) is 113 Å². The summed E-state index contributed by atoms with van der Waals surface area (Å²) in [6.07, 6.45) is 1.13. The number of amides is 3. The fourth-order valence-electron chi connectivity index (χ4n) is 5.42. The Bertz CT molecular complexity index is 1510. The van der Waals surface area contributed by atoms with Crippen LogP contribution in [0.25, 0.3) is 10.8 Å². The average molecular weight is 520 g/mol. The first-order valence-corrected chi connectivity index (χ1v) is 13.4. The van der Waals surface area contributed by atoms with Gasteiger partial charge in [-0.05, 0) is 47.6 Å². The lowest BCUT2D eigenvalue weighted by atomic mass is 10.0. The van der Waals surface area contributed by atoms with Crippen LogP contribution in [0.4, 0.5) is 5.69 Å². The number of rotatable bonds is 10. The SMILES string of the molecule is CNC(=O)C(Cc1ccccc1)N(Cc1ccccc1C)C(=O)CCCN1C(=O)c2cccc3cccc1c23. The van der Waals surface area contributed by atoms with Gasteiger partial charge in [0.15, 0.2) is 0 Å². The van der Waals surface area contributed by atoms with Crippen LogP contribution in [0.2, 0.25) is 0 Å². The van der Waals surface area contributed by atoms with Crippen LogP contribution in [0, 0.1) is 6.92 Å². The van der Waals surface area contributed by atoms with Crippen LogP contribution >= 0.6 is 0 Å². The summed E-state index contributed by atoms with van der Waals surface area (Å²) < 4.78 is 0. The average Bonchev–Trinajstić information content (AvgIpc) is 3.24. The Labute approximate surface area is 229 Å². The van der Waals surface area contributed by atoms with Crippen molar-refractivity contribution in [2.45, 2.75) is 38.8 Å². The molecule has 0 aromatic heterocycles. The zero-order valence-corrected chi connectivity index (χ0v) is 22.4. The van der Waals surface area contributed by atoms with Gasteiger partial charge < -0.3 is 15.1 Å². The minimum atomic E-state index is -0.657. The van der Waals surface area contributed by atoms with E-state index in [0.717, 1.165) is 33.2 Å². The molecule has 1 heterocycles. The number of nitrogens with zero attached hydrogens (tertiary/aromatic N) is 2. The number of anilines is 1. The van der Waals surface area contributed by atoms with E-state index in [1.807, 2.05) is 97.9 Å². The van der Waals surface area contributed by atoms with Gasteiger partial charge in [0.1, 0.15) is 6.04 Å². The van der Waals surface area contributed by atoms with Gasteiger partial charge in [-0.25, -0.2) is 0 Å². The largest absolute Gasteiger partial charge is 0.357 e. The molecule has 1 aliphatic heterocycles. The first kappa shape index (κ1) is 26.2. The van der Waals surface area contributed by atoms with Crippen molar-refractivity contribution in [3.63, 3.8) is 0 Å². The summed E-state index contributed by atoms with van der Waals surface area (Å²) >= 11 is 0. The van der Waals surface area contributed by atoms with E-state index < -0.39 is 6.04 Å². The van der Waals surface area contributed by atoms with Crippen molar-refractivity contribution < 1.29 is 14.4 Å². The zero-order valence-electron chi connectivity index (χ0n) is 22.4. The smallest absolute Gasteiger partial charge is 0.258 e. The number of carbonyl (C=O) groups is 3. The molecule has 39 heavy (non-hydrogen) atoms. The van der Waals surface area contributed by atoms with E-state index in [9.17, 15) is 14.4 Å². The van der Waals surface area contributed by atoms with Crippen molar-refractivity contribution >= 4 is 34.2 Å². The summed E-state index contributed by atoms with van der Waals surface area (Å²) in [5.74, 6) is -0.332. The fraction of sp³-hybridized carbons (Fsp3) is 0.242. The molecule has 0 saturated carbocycles. The topological polar surface area (TPSA) is 69.7 Å². The molecule has 5 rings (SSSR count). The van der Waals surface area contributed by atoms with Gasteiger partial charge in [-0.3, -0.25) is 14.4 Å². The molecule has 4 aromatic rings. The number of benzene rings is 4. The van der Waals surface area contributed by atoms with E-state index in [1.165, 1.54) is 0 Å². The molecule has 0 spiro atoms. The Balaban J connectivity index is 1.36. The Hall–Kier alpha value is -4.45. The van der Waals surface area contributed by atoms with E-state index in [1.54, 1.807) is 16.8 Å². The molecule has 4 aromatic carbocycles. The molecule has 3 amide bonds. The number of carbonyl (C=O) groups excluding carboxylic acids is 3. The highest BCUT2D eigenvalue weighted by Crippen LogP contribution is 2.37. The van der Waals surface area contributed by atoms with Crippen molar-refractivity contribution in [2.24, 2.45) is 0 Å². The molecule has 198 valence electrons. The van der Waals surface area contributed by atoms with Gasteiger partial charge in [0.2, 0.25) is 11.8 Å². The second-order valence-corrected chi connectivity index (χ2v) is 10.0. The van der Waals surface area contributed by atoms with Crippen LogP contribution in [-0.2, 0) is 22.6 Å². The Kier molecular flexibility index (Phi) is 7.73. The van der Waals surface area contributed by atoms with Gasteiger partial charge in [-0.2, -0.15) is 0 Å². The predicted molar refractivity (Wildman–Crippen MR) is 155 cm³/mol. The van der Waals surface area contributed by atoms with Gasteiger partial charge >= 0.3 is 0 Å². The van der Waals surface area contributed by atoms with E-state index in [2.05, 4.69) is 5.32 Å². The molecular formula is C33H33N3O3. The Morgan fingerprint density at radius 1 is 0.897 bits per heavy atom. The van der Waals surface area contributed by atoms with E-state index in [0.29, 0.717) is 31.5 Å². The number of likely N-dealkylation sites (N-methyl/N-ethyl adjacent to an activating group) is 1. The van der Waals surface area contributed by atoms with Crippen LogP contribution in [-0.4, -0.2) is 42.3 Å². The number of aryl methyl sites for hydroxylation is 1. The summed E-state index contributed by atoms with van der Waals surface area (Å²) in [7, 11) is 1.61. The quantitative estimate of drug-likeness (QED) is 0.310. The minimum Gasteiger partial charge on any atom is -0.357 e. The first-order valence-electron chi connectivity index (χ1n) is 13.4. The maximum Gasteiger partial charge on any atom is 0.258 e. The number of hydrogen-bond acceptors (Lipinski definition) is 3. The highest BCUT2D eigenvalue weighted by Gasteiger charge is 2.32. The lowest BCUT2D eigenvalue weighted by Gasteiger charge is -2.32. The summed E-state index contributed by atoms with van der Waals surface area (Å²) in [6, 6.07) is 28.8. The minimum absolute atomic E-state index is 0.0293. The maximum atomic E-state index is 13.8. The molecule has 0 saturated heterocycles. The van der Waals surface area contributed by atoms with Gasteiger partial charge in [0.05, 0.1) is 5.69 Å². The third kappa shape index (κ3) is 5.41. The summed E-state index contributed by atoms with van der Waals surface area (Å²) in [5, 5.41) is 4.77. The highest BCUT2D eigenvalue weighted by atomic mass is 16.2. The van der Waals surface area contributed by atoms with Crippen molar-refractivity contribution in [1.82, 2.24) is 10.2 Å². The lowest BCUT2D eigenvalue weighted by Crippen LogP contribution is -2.49. The number of hydrogen-bond donors (Lipinski definition) is 1. The molecule has 6 heteroatoms. The number of nitrogens with one attached hydrogen (secondary N) is 1. The molecule has 1 unspecified atom stereocenters. The molecule has 1 N–H and O–H groups in total. The van der Waals surface area contributed by atoms with Crippen molar-refractivity contribution in [1.29, 1.82) is 0 Å². The lowest BCUT2D eigenvalue weighted by molar-refractivity contribution is -0.141. The Morgan fingerprint density at radius 2 is 1.62 bits per heavy atom. The van der Waals surface area contributed by atoms with Crippen molar-refractivity contribution in [3.8, 4) is 0 Å². The Morgan fingerprint density at radius 3 is 2.36 bits per heavy atom.